The highest BCUT2D eigenvalue weighted by atomic mass is 16.5. The zero-order valence-electron chi connectivity index (χ0n) is 14.2. The first-order chi connectivity index (χ1) is 10.9. The summed E-state index contributed by atoms with van der Waals surface area (Å²) in [6.45, 7) is 6.80. The van der Waals surface area contributed by atoms with E-state index >= 15 is 0 Å². The van der Waals surface area contributed by atoms with Crippen molar-refractivity contribution in [3.63, 3.8) is 0 Å². The summed E-state index contributed by atoms with van der Waals surface area (Å²) in [5, 5.41) is 5.26. The highest BCUT2D eigenvalue weighted by molar-refractivity contribution is 5.77. The molecule has 0 atom stereocenters. The summed E-state index contributed by atoms with van der Waals surface area (Å²) in [6.07, 6.45) is 0.413. The van der Waals surface area contributed by atoms with E-state index in [1.807, 2.05) is 13.8 Å². The highest BCUT2D eigenvalue weighted by Gasteiger charge is 2.03. The number of ketones is 1. The van der Waals surface area contributed by atoms with Gasteiger partial charge in [-0.25, -0.2) is 0 Å². The zero-order valence-corrected chi connectivity index (χ0v) is 14.2. The number of ether oxygens (including phenoxy) is 3. The molecule has 0 aliphatic rings. The average molecular weight is 332 g/mol. The Morgan fingerprint density at radius 2 is 1.43 bits per heavy atom. The molecule has 0 aromatic carbocycles. The number of nitrogens with one attached hydrogen (secondary N) is 2. The Bertz CT molecular complexity index is 360. The lowest BCUT2D eigenvalue weighted by atomic mass is 10.4. The second kappa shape index (κ2) is 14.1. The number of carbonyl (C=O) groups excluding carboxylic acids is 3. The summed E-state index contributed by atoms with van der Waals surface area (Å²) < 4.78 is 15.4. The molecule has 23 heavy (non-hydrogen) atoms. The quantitative estimate of drug-likeness (QED) is 0.422. The molecule has 0 unspecified atom stereocenters. The molecule has 0 aliphatic heterocycles. The zero-order chi connectivity index (χ0) is 17.5. The molecular formula is C15H28N2O6. The Morgan fingerprint density at radius 3 is 2.00 bits per heavy atom. The van der Waals surface area contributed by atoms with Gasteiger partial charge in [0.25, 0.3) is 0 Å². The maximum atomic E-state index is 11.4. The summed E-state index contributed by atoms with van der Waals surface area (Å²) in [6, 6.07) is 0. The van der Waals surface area contributed by atoms with Crippen LogP contribution in [-0.2, 0) is 28.6 Å². The molecule has 8 nitrogen and oxygen atoms in total. The summed E-state index contributed by atoms with van der Waals surface area (Å²) >= 11 is 0. The lowest BCUT2D eigenvalue weighted by molar-refractivity contribution is -0.126. The predicted molar refractivity (Wildman–Crippen MR) is 84.0 cm³/mol. The Labute approximate surface area is 137 Å². The van der Waals surface area contributed by atoms with Gasteiger partial charge in [0, 0.05) is 19.5 Å². The lowest BCUT2D eigenvalue weighted by Gasteiger charge is -2.09. The van der Waals surface area contributed by atoms with E-state index in [1.165, 1.54) is 6.92 Å². The van der Waals surface area contributed by atoms with E-state index in [-0.39, 0.29) is 50.1 Å². The van der Waals surface area contributed by atoms with E-state index in [2.05, 4.69) is 10.6 Å². The smallest absolute Gasteiger partial charge is 0.246 e. The molecule has 8 heteroatoms. The van der Waals surface area contributed by atoms with Crippen LogP contribution in [0.1, 0.15) is 27.2 Å². The van der Waals surface area contributed by atoms with Gasteiger partial charge in [0.05, 0.1) is 25.9 Å². The van der Waals surface area contributed by atoms with Gasteiger partial charge >= 0.3 is 0 Å². The number of amides is 2. The fourth-order valence-electron chi connectivity index (χ4n) is 1.43. The predicted octanol–water partition coefficient (Wildman–Crippen LogP) is -0.344. The summed E-state index contributed by atoms with van der Waals surface area (Å²) in [5.74, 6) is -0.438. The highest BCUT2D eigenvalue weighted by Crippen LogP contribution is 1.90. The topological polar surface area (TPSA) is 103 Å². The molecule has 2 amide bonds. The first-order valence-corrected chi connectivity index (χ1v) is 7.71. The third kappa shape index (κ3) is 16.7. The number of hydrogen-bond donors (Lipinski definition) is 2. The van der Waals surface area contributed by atoms with Gasteiger partial charge in [-0.2, -0.15) is 0 Å². The van der Waals surface area contributed by atoms with E-state index in [0.717, 1.165) is 0 Å². The summed E-state index contributed by atoms with van der Waals surface area (Å²) in [7, 11) is 0. The number of rotatable bonds is 14. The van der Waals surface area contributed by atoms with Crippen molar-refractivity contribution < 1.29 is 28.6 Å². The van der Waals surface area contributed by atoms with Crippen LogP contribution in [0.15, 0.2) is 0 Å². The molecule has 0 aliphatic carbocycles. The number of hydrogen-bond acceptors (Lipinski definition) is 6. The standard InChI is InChI=1S/C15H28N2O6/c1-12(2)23-7-4-14(19)16-5-9-22-11-15(20)17-6-8-21-10-13(3)18/h12H,4-11H2,1-3H3,(H,16,19)(H,17,20). The Hall–Kier alpha value is -1.51. The van der Waals surface area contributed by atoms with Gasteiger partial charge in [0.1, 0.15) is 13.2 Å². The van der Waals surface area contributed by atoms with Gasteiger partial charge in [0.2, 0.25) is 11.8 Å². The van der Waals surface area contributed by atoms with Crippen molar-refractivity contribution in [1.82, 2.24) is 10.6 Å². The van der Waals surface area contributed by atoms with E-state index in [4.69, 9.17) is 14.2 Å². The molecule has 2 N–H and O–H groups in total. The van der Waals surface area contributed by atoms with E-state index in [1.54, 1.807) is 0 Å². The molecule has 0 fully saturated rings. The number of carbonyl (C=O) groups is 3. The maximum Gasteiger partial charge on any atom is 0.246 e. The minimum Gasteiger partial charge on any atom is -0.378 e. The van der Waals surface area contributed by atoms with Crippen LogP contribution in [0.4, 0.5) is 0 Å². The first kappa shape index (κ1) is 21.5. The van der Waals surface area contributed by atoms with Crippen LogP contribution < -0.4 is 10.6 Å². The van der Waals surface area contributed by atoms with Gasteiger partial charge in [-0.1, -0.05) is 0 Å². The lowest BCUT2D eigenvalue weighted by Crippen LogP contribution is -2.33. The molecule has 0 saturated carbocycles. The van der Waals surface area contributed by atoms with Crippen molar-refractivity contribution in [1.29, 1.82) is 0 Å². The Balaban J connectivity index is 3.38. The van der Waals surface area contributed by atoms with Crippen molar-refractivity contribution in [2.24, 2.45) is 0 Å². The van der Waals surface area contributed by atoms with E-state index in [9.17, 15) is 14.4 Å². The minimum atomic E-state index is -0.270. The van der Waals surface area contributed by atoms with Crippen LogP contribution in [0, 0.1) is 0 Å². The van der Waals surface area contributed by atoms with Crippen LogP contribution in [0.5, 0.6) is 0 Å². The molecule has 0 bridgehead atoms. The second-order valence-electron chi connectivity index (χ2n) is 5.18. The van der Waals surface area contributed by atoms with Crippen LogP contribution in [-0.4, -0.2) is 69.8 Å². The fraction of sp³-hybridized carbons (Fsp3) is 0.800. The molecular weight excluding hydrogens is 304 g/mol. The largest absolute Gasteiger partial charge is 0.378 e. The molecule has 134 valence electrons. The first-order valence-electron chi connectivity index (χ1n) is 7.71. The Morgan fingerprint density at radius 1 is 0.870 bits per heavy atom. The van der Waals surface area contributed by atoms with Gasteiger partial charge < -0.3 is 24.8 Å². The van der Waals surface area contributed by atoms with Gasteiger partial charge in [0.15, 0.2) is 5.78 Å². The molecule has 0 heterocycles. The van der Waals surface area contributed by atoms with Gasteiger partial charge in [-0.05, 0) is 20.8 Å². The molecule has 0 saturated heterocycles. The van der Waals surface area contributed by atoms with E-state index in [0.29, 0.717) is 26.1 Å². The molecule has 0 radical (unpaired) electrons. The van der Waals surface area contributed by atoms with Gasteiger partial charge in [-0.15, -0.1) is 0 Å². The summed E-state index contributed by atoms with van der Waals surface area (Å²) in [5.41, 5.74) is 0. The monoisotopic (exact) mass is 332 g/mol. The molecule has 0 aromatic rings. The minimum absolute atomic E-state index is 0.0499. The number of Topliss-reactive ketones (excluding diaryl/α,β-unsaturated/α-hetero) is 1. The van der Waals surface area contributed by atoms with Crippen molar-refractivity contribution in [3.8, 4) is 0 Å². The van der Waals surface area contributed by atoms with Crippen LogP contribution >= 0.6 is 0 Å². The van der Waals surface area contributed by atoms with Crippen LogP contribution in [0.25, 0.3) is 0 Å². The SMILES string of the molecule is CC(=O)COCCNC(=O)COCCNC(=O)CCOC(C)C. The third-order valence-corrected chi connectivity index (χ3v) is 2.46. The van der Waals surface area contributed by atoms with Crippen LogP contribution in [0.3, 0.4) is 0 Å². The van der Waals surface area contributed by atoms with Crippen molar-refractivity contribution >= 4 is 17.6 Å². The summed E-state index contributed by atoms with van der Waals surface area (Å²) in [4.78, 5) is 33.4. The fourth-order valence-corrected chi connectivity index (χ4v) is 1.43. The van der Waals surface area contributed by atoms with Gasteiger partial charge in [-0.3, -0.25) is 14.4 Å². The Kier molecular flexibility index (Phi) is 13.2. The second-order valence-corrected chi connectivity index (χ2v) is 5.18. The average Bonchev–Trinajstić information content (AvgIpc) is 2.45. The maximum absolute atomic E-state index is 11.4. The van der Waals surface area contributed by atoms with E-state index < -0.39 is 0 Å². The van der Waals surface area contributed by atoms with Crippen molar-refractivity contribution in [2.75, 3.05) is 46.1 Å². The normalized spacial score (nSPS) is 10.6. The van der Waals surface area contributed by atoms with Crippen molar-refractivity contribution in [3.05, 3.63) is 0 Å². The van der Waals surface area contributed by atoms with Crippen molar-refractivity contribution in [2.45, 2.75) is 33.3 Å². The molecule has 0 spiro atoms. The van der Waals surface area contributed by atoms with Crippen LogP contribution in [0.2, 0.25) is 0 Å². The molecule has 0 rings (SSSR count). The molecule has 0 aromatic heterocycles. The third-order valence-electron chi connectivity index (χ3n) is 2.46.